The number of phenols is 1. The minimum absolute atomic E-state index is 0.225. The van der Waals surface area contributed by atoms with Crippen LogP contribution in [0.3, 0.4) is 0 Å². The third-order valence-corrected chi connectivity index (χ3v) is 2.24. The summed E-state index contributed by atoms with van der Waals surface area (Å²) < 4.78 is 37.5. The highest BCUT2D eigenvalue weighted by Crippen LogP contribution is 2.40. The molecule has 6 nitrogen and oxygen atoms in total. The number of aromatic hydroxyl groups is 1. The molecule has 4 N–H and O–H groups in total. The van der Waals surface area contributed by atoms with Crippen molar-refractivity contribution in [2.24, 2.45) is 5.73 Å². The Kier molecular flexibility index (Phi) is 3.77. The molecule has 0 aliphatic rings. The Morgan fingerprint density at radius 2 is 2.00 bits per heavy atom. The Morgan fingerprint density at radius 3 is 2.39 bits per heavy atom. The number of nitro groups is 1. The van der Waals surface area contributed by atoms with Crippen LogP contribution >= 0.6 is 0 Å². The van der Waals surface area contributed by atoms with Crippen molar-refractivity contribution in [3.63, 3.8) is 0 Å². The molecule has 0 amide bonds. The zero-order chi connectivity index (χ0) is 14.1. The van der Waals surface area contributed by atoms with Crippen LogP contribution < -0.4 is 5.73 Å². The average Bonchev–Trinajstić information content (AvgIpc) is 2.26. The first-order chi connectivity index (χ1) is 8.18. The third kappa shape index (κ3) is 2.68. The second kappa shape index (κ2) is 4.78. The summed E-state index contributed by atoms with van der Waals surface area (Å²) in [6, 6.07) is -0.465. The summed E-state index contributed by atoms with van der Waals surface area (Å²) >= 11 is 0. The quantitative estimate of drug-likeness (QED) is 0.564. The molecule has 0 saturated heterocycles. The van der Waals surface area contributed by atoms with Gasteiger partial charge in [0.15, 0.2) is 0 Å². The highest BCUT2D eigenvalue weighted by Gasteiger charge is 2.39. The second-order valence-corrected chi connectivity index (χ2v) is 3.47. The van der Waals surface area contributed by atoms with Gasteiger partial charge in [-0.3, -0.25) is 10.1 Å². The number of nitrogens with zero attached hydrogens (tertiary/aromatic N) is 1. The van der Waals surface area contributed by atoms with Crippen molar-refractivity contribution < 1.29 is 28.3 Å². The van der Waals surface area contributed by atoms with Gasteiger partial charge in [-0.25, -0.2) is 0 Å². The molecule has 0 unspecified atom stereocenters. The molecule has 0 aliphatic carbocycles. The summed E-state index contributed by atoms with van der Waals surface area (Å²) in [4.78, 5) is 9.34. The van der Waals surface area contributed by atoms with Crippen molar-refractivity contribution in [1.82, 2.24) is 0 Å². The fourth-order valence-corrected chi connectivity index (χ4v) is 1.37. The van der Waals surface area contributed by atoms with Crippen LogP contribution in [0.4, 0.5) is 18.9 Å². The highest BCUT2D eigenvalue weighted by atomic mass is 19.4. The molecule has 1 aromatic carbocycles. The van der Waals surface area contributed by atoms with E-state index in [9.17, 15) is 28.4 Å². The van der Waals surface area contributed by atoms with Gasteiger partial charge in [0.05, 0.1) is 17.6 Å². The second-order valence-electron chi connectivity index (χ2n) is 3.47. The molecule has 0 aromatic heterocycles. The highest BCUT2D eigenvalue weighted by molar-refractivity contribution is 5.52. The van der Waals surface area contributed by atoms with E-state index in [2.05, 4.69) is 0 Å². The van der Waals surface area contributed by atoms with Gasteiger partial charge in [0.1, 0.15) is 11.3 Å². The lowest BCUT2D eigenvalue weighted by Gasteiger charge is -2.14. The lowest BCUT2D eigenvalue weighted by atomic mass is 10.0. The predicted octanol–water partition coefficient (Wildman–Crippen LogP) is 1.31. The first-order valence-corrected chi connectivity index (χ1v) is 4.63. The normalized spacial score (nSPS) is 13.4. The number of halogens is 3. The van der Waals surface area contributed by atoms with Crippen molar-refractivity contribution in [1.29, 1.82) is 0 Å². The van der Waals surface area contributed by atoms with Gasteiger partial charge in [0.2, 0.25) is 0 Å². The standard InChI is InChI=1S/C9H9F3N2O4/c10-9(11,12)5-2-8(16)4(6(13)3-15)1-7(5)14(17)18/h1-2,6,15-16H,3,13H2/t6-/m1/s1. The lowest BCUT2D eigenvalue weighted by molar-refractivity contribution is -0.388. The van der Waals surface area contributed by atoms with E-state index in [0.717, 1.165) is 0 Å². The summed E-state index contributed by atoms with van der Waals surface area (Å²) in [6.45, 7) is -0.671. The van der Waals surface area contributed by atoms with Crippen LogP contribution in [0.15, 0.2) is 12.1 Å². The molecule has 0 bridgehead atoms. The number of alkyl halides is 3. The molecule has 0 heterocycles. The van der Waals surface area contributed by atoms with Gasteiger partial charge >= 0.3 is 6.18 Å². The zero-order valence-corrected chi connectivity index (χ0v) is 8.81. The Balaban J connectivity index is 3.49. The van der Waals surface area contributed by atoms with Crippen LogP contribution in [0.25, 0.3) is 0 Å². The first-order valence-electron chi connectivity index (χ1n) is 4.63. The molecule has 1 atom stereocenters. The van der Waals surface area contributed by atoms with E-state index in [0.29, 0.717) is 6.07 Å². The summed E-state index contributed by atoms with van der Waals surface area (Å²) in [5, 5.41) is 28.7. The summed E-state index contributed by atoms with van der Waals surface area (Å²) in [7, 11) is 0. The fourth-order valence-electron chi connectivity index (χ4n) is 1.37. The summed E-state index contributed by atoms with van der Waals surface area (Å²) in [6.07, 6.45) is -4.97. The number of phenolic OH excluding ortho intramolecular Hbond substituents is 1. The van der Waals surface area contributed by atoms with Crippen molar-refractivity contribution in [3.8, 4) is 5.75 Å². The molecule has 0 aliphatic heterocycles. The molecule has 1 rings (SSSR count). The van der Waals surface area contributed by atoms with Crippen LogP contribution in [0, 0.1) is 10.1 Å². The zero-order valence-electron chi connectivity index (χ0n) is 8.81. The monoisotopic (exact) mass is 266 g/mol. The number of hydrogen-bond donors (Lipinski definition) is 3. The maximum absolute atomic E-state index is 12.5. The third-order valence-electron chi connectivity index (χ3n) is 2.24. The molecule has 0 spiro atoms. The number of rotatable bonds is 3. The molecule has 18 heavy (non-hydrogen) atoms. The van der Waals surface area contributed by atoms with E-state index < -0.39 is 40.7 Å². The number of hydrogen-bond acceptors (Lipinski definition) is 5. The van der Waals surface area contributed by atoms with E-state index >= 15 is 0 Å². The van der Waals surface area contributed by atoms with Gasteiger partial charge < -0.3 is 15.9 Å². The SMILES string of the molecule is N[C@H](CO)c1cc([N+](=O)[O-])c(C(F)(F)F)cc1O. The minimum atomic E-state index is -4.97. The molecule has 0 radical (unpaired) electrons. The minimum Gasteiger partial charge on any atom is -0.508 e. The van der Waals surface area contributed by atoms with Crippen molar-refractivity contribution in [3.05, 3.63) is 33.4 Å². The van der Waals surface area contributed by atoms with E-state index in [-0.39, 0.29) is 11.6 Å². The number of nitrogens with two attached hydrogens (primary N) is 1. The molecule has 0 saturated carbocycles. The molecule has 0 fully saturated rings. The largest absolute Gasteiger partial charge is 0.508 e. The van der Waals surface area contributed by atoms with Gasteiger partial charge in [-0.15, -0.1) is 0 Å². The Bertz CT molecular complexity index is 476. The summed E-state index contributed by atoms with van der Waals surface area (Å²) in [5.41, 5.74) is 2.19. The van der Waals surface area contributed by atoms with Crippen LogP contribution in [-0.4, -0.2) is 21.7 Å². The van der Waals surface area contributed by atoms with Crippen molar-refractivity contribution >= 4 is 5.69 Å². The smallest absolute Gasteiger partial charge is 0.423 e. The van der Waals surface area contributed by atoms with Crippen molar-refractivity contribution in [2.75, 3.05) is 6.61 Å². The van der Waals surface area contributed by atoms with Gasteiger partial charge in [-0.05, 0) is 6.07 Å². The predicted molar refractivity (Wildman–Crippen MR) is 53.8 cm³/mol. The fraction of sp³-hybridized carbons (Fsp3) is 0.333. The Morgan fingerprint density at radius 1 is 1.44 bits per heavy atom. The number of nitro benzene ring substituents is 1. The average molecular weight is 266 g/mol. The first kappa shape index (κ1) is 14.2. The maximum Gasteiger partial charge on any atom is 0.423 e. The topological polar surface area (TPSA) is 110 Å². The van der Waals surface area contributed by atoms with Crippen LogP contribution in [0.1, 0.15) is 17.2 Å². The van der Waals surface area contributed by atoms with E-state index in [1.54, 1.807) is 0 Å². The van der Waals surface area contributed by atoms with Crippen LogP contribution in [0.5, 0.6) is 5.75 Å². The van der Waals surface area contributed by atoms with E-state index in [1.165, 1.54) is 0 Å². The summed E-state index contributed by atoms with van der Waals surface area (Å²) in [5.74, 6) is -0.852. The molecular weight excluding hydrogens is 257 g/mol. The van der Waals surface area contributed by atoms with Gasteiger partial charge in [-0.2, -0.15) is 13.2 Å². The molecule has 1 aromatic rings. The lowest BCUT2D eigenvalue weighted by Crippen LogP contribution is -2.16. The molecule has 9 heteroatoms. The van der Waals surface area contributed by atoms with E-state index in [1.807, 2.05) is 0 Å². The van der Waals surface area contributed by atoms with Gasteiger partial charge in [0.25, 0.3) is 5.69 Å². The van der Waals surface area contributed by atoms with Gasteiger partial charge in [-0.1, -0.05) is 0 Å². The Hall–Kier alpha value is -1.87. The molecule has 100 valence electrons. The molecular formula is C9H9F3N2O4. The maximum atomic E-state index is 12.5. The number of aliphatic hydroxyl groups is 1. The number of aliphatic hydroxyl groups excluding tert-OH is 1. The van der Waals surface area contributed by atoms with Crippen LogP contribution in [0.2, 0.25) is 0 Å². The van der Waals surface area contributed by atoms with Gasteiger partial charge in [0, 0.05) is 11.6 Å². The van der Waals surface area contributed by atoms with Crippen LogP contribution in [-0.2, 0) is 6.18 Å². The Labute approximate surface area is 98.6 Å². The van der Waals surface area contributed by atoms with E-state index in [4.69, 9.17) is 10.8 Å². The number of benzene rings is 1. The van der Waals surface area contributed by atoms with Crippen molar-refractivity contribution in [2.45, 2.75) is 12.2 Å².